The minimum absolute atomic E-state index is 0.0172. The van der Waals surface area contributed by atoms with Gasteiger partial charge in [-0.1, -0.05) is 0 Å². The predicted molar refractivity (Wildman–Crippen MR) is 42.0 cm³/mol. The average molecular weight is 244 g/mol. The molecule has 0 aromatic carbocycles. The van der Waals surface area contributed by atoms with Gasteiger partial charge in [-0.25, -0.2) is 18.2 Å². The van der Waals surface area contributed by atoms with Gasteiger partial charge in [0, 0.05) is 6.54 Å². The zero-order valence-electron chi connectivity index (χ0n) is 7.65. The van der Waals surface area contributed by atoms with Crippen LogP contribution in [0.3, 0.4) is 0 Å². The van der Waals surface area contributed by atoms with Crippen molar-refractivity contribution in [3.8, 4) is 0 Å². The molecular weight excluding hydrogens is 238 g/mol. The Hall–Kier alpha value is -1.31. The van der Waals surface area contributed by atoms with Crippen molar-refractivity contribution >= 4 is 0 Å². The molecule has 0 bridgehead atoms. The highest BCUT2D eigenvalue weighted by atomic mass is 19.4. The monoisotopic (exact) mass is 244 g/mol. The molecule has 1 rings (SSSR count). The first-order valence-electron chi connectivity index (χ1n) is 4.02. The molecule has 0 aliphatic carbocycles. The maximum Gasteiger partial charge on any atom is 0.418 e. The van der Waals surface area contributed by atoms with Crippen LogP contribution < -0.4 is 5.73 Å². The summed E-state index contributed by atoms with van der Waals surface area (Å²) in [6.07, 6.45) is -8.16. The van der Waals surface area contributed by atoms with Gasteiger partial charge in [0.25, 0.3) is 6.43 Å². The fraction of sp³-hybridized carbons (Fsp3) is 0.375. The van der Waals surface area contributed by atoms with Crippen LogP contribution in [0.2, 0.25) is 0 Å². The molecule has 0 saturated heterocycles. The van der Waals surface area contributed by atoms with Crippen molar-refractivity contribution in [3.63, 3.8) is 0 Å². The van der Waals surface area contributed by atoms with Crippen LogP contribution >= 0.6 is 0 Å². The van der Waals surface area contributed by atoms with Crippen LogP contribution in [0.5, 0.6) is 0 Å². The number of hydrogen-bond acceptors (Lipinski definition) is 2. The summed E-state index contributed by atoms with van der Waals surface area (Å²) in [5.74, 6) is -1.69. The van der Waals surface area contributed by atoms with E-state index in [0.717, 1.165) is 0 Å². The van der Waals surface area contributed by atoms with Gasteiger partial charge in [-0.3, -0.25) is 0 Å². The molecule has 16 heavy (non-hydrogen) atoms. The van der Waals surface area contributed by atoms with Gasteiger partial charge in [0.2, 0.25) is 0 Å². The van der Waals surface area contributed by atoms with Crippen LogP contribution in [0, 0.1) is 5.82 Å². The van der Waals surface area contributed by atoms with Crippen molar-refractivity contribution in [2.24, 2.45) is 5.73 Å². The number of nitrogens with zero attached hydrogens (tertiary/aromatic N) is 1. The standard InChI is InChI=1S/C8H6F6N2/c9-4-1-3(8(12,13)14)5(2-15)16-6(4)7(10)11/h1,7H,2,15H2. The van der Waals surface area contributed by atoms with E-state index in [-0.39, 0.29) is 6.07 Å². The van der Waals surface area contributed by atoms with Gasteiger partial charge in [0.05, 0.1) is 11.3 Å². The quantitative estimate of drug-likeness (QED) is 0.812. The number of alkyl halides is 5. The average Bonchev–Trinajstić information content (AvgIpc) is 2.15. The van der Waals surface area contributed by atoms with E-state index in [9.17, 15) is 26.3 Å². The Balaban J connectivity index is 3.38. The normalized spacial score (nSPS) is 12.2. The highest BCUT2D eigenvalue weighted by Gasteiger charge is 2.35. The fourth-order valence-electron chi connectivity index (χ4n) is 1.10. The van der Waals surface area contributed by atoms with Crippen LogP contribution in [0.4, 0.5) is 26.3 Å². The third-order valence-corrected chi connectivity index (χ3v) is 1.79. The maximum atomic E-state index is 12.9. The van der Waals surface area contributed by atoms with E-state index in [0.29, 0.717) is 0 Å². The van der Waals surface area contributed by atoms with E-state index in [4.69, 9.17) is 5.73 Å². The molecule has 2 nitrogen and oxygen atoms in total. The first kappa shape index (κ1) is 12.8. The van der Waals surface area contributed by atoms with Crippen LogP contribution in [-0.4, -0.2) is 4.98 Å². The molecule has 0 atom stereocenters. The van der Waals surface area contributed by atoms with Gasteiger partial charge in [0.1, 0.15) is 5.69 Å². The molecule has 1 aromatic rings. The lowest BCUT2D eigenvalue weighted by Gasteiger charge is -2.12. The molecule has 0 saturated carbocycles. The fourth-order valence-corrected chi connectivity index (χ4v) is 1.10. The van der Waals surface area contributed by atoms with Gasteiger partial charge in [-0.05, 0) is 6.07 Å². The summed E-state index contributed by atoms with van der Waals surface area (Å²) in [4.78, 5) is 2.89. The summed E-state index contributed by atoms with van der Waals surface area (Å²) in [6.45, 7) is -0.700. The second-order valence-electron chi connectivity index (χ2n) is 2.85. The molecule has 0 fully saturated rings. The summed E-state index contributed by atoms with van der Waals surface area (Å²) in [6, 6.07) is -0.0172. The minimum atomic E-state index is -4.87. The van der Waals surface area contributed by atoms with E-state index >= 15 is 0 Å². The van der Waals surface area contributed by atoms with Gasteiger partial charge in [-0.15, -0.1) is 0 Å². The summed E-state index contributed by atoms with van der Waals surface area (Å²) in [7, 11) is 0. The van der Waals surface area contributed by atoms with Crippen molar-refractivity contribution < 1.29 is 26.3 Å². The van der Waals surface area contributed by atoms with Crippen molar-refractivity contribution in [3.05, 3.63) is 28.8 Å². The molecule has 0 spiro atoms. The zero-order chi connectivity index (χ0) is 12.5. The predicted octanol–water partition coefficient (Wildman–Crippen LogP) is 2.64. The molecule has 90 valence electrons. The summed E-state index contributed by atoms with van der Waals surface area (Å²) in [5, 5.41) is 0. The summed E-state index contributed by atoms with van der Waals surface area (Å²) in [5.41, 5.74) is 1.38. The lowest BCUT2D eigenvalue weighted by atomic mass is 10.1. The van der Waals surface area contributed by atoms with Gasteiger partial charge in [0.15, 0.2) is 5.82 Å². The van der Waals surface area contributed by atoms with E-state index in [1.807, 2.05) is 0 Å². The molecule has 1 aromatic heterocycles. The Morgan fingerprint density at radius 3 is 2.25 bits per heavy atom. The Morgan fingerprint density at radius 1 is 1.31 bits per heavy atom. The topological polar surface area (TPSA) is 38.9 Å². The summed E-state index contributed by atoms with van der Waals surface area (Å²) < 4.78 is 74.1. The molecule has 8 heteroatoms. The van der Waals surface area contributed by atoms with Crippen molar-refractivity contribution in [2.45, 2.75) is 19.1 Å². The highest BCUT2D eigenvalue weighted by molar-refractivity contribution is 5.27. The second kappa shape index (κ2) is 4.28. The van der Waals surface area contributed by atoms with Crippen molar-refractivity contribution in [2.75, 3.05) is 0 Å². The number of hydrogen-bond donors (Lipinski definition) is 1. The Labute approximate surface area is 86.1 Å². The van der Waals surface area contributed by atoms with Crippen molar-refractivity contribution in [1.29, 1.82) is 0 Å². The third-order valence-electron chi connectivity index (χ3n) is 1.79. The first-order valence-corrected chi connectivity index (χ1v) is 4.02. The number of nitrogens with two attached hydrogens (primary N) is 1. The number of aromatic nitrogens is 1. The smallest absolute Gasteiger partial charge is 0.325 e. The molecule has 0 aliphatic heterocycles. The maximum absolute atomic E-state index is 12.9. The zero-order valence-corrected chi connectivity index (χ0v) is 7.65. The Bertz CT molecular complexity index is 387. The van der Waals surface area contributed by atoms with Gasteiger partial charge < -0.3 is 5.73 Å². The van der Waals surface area contributed by atoms with Crippen LogP contribution in [0.15, 0.2) is 6.07 Å². The van der Waals surface area contributed by atoms with E-state index in [1.54, 1.807) is 0 Å². The lowest BCUT2D eigenvalue weighted by Crippen LogP contribution is -2.16. The largest absolute Gasteiger partial charge is 0.418 e. The van der Waals surface area contributed by atoms with E-state index < -0.39 is 41.9 Å². The second-order valence-corrected chi connectivity index (χ2v) is 2.85. The molecule has 2 N–H and O–H groups in total. The first-order chi connectivity index (χ1) is 7.27. The van der Waals surface area contributed by atoms with E-state index in [1.165, 1.54) is 0 Å². The lowest BCUT2D eigenvalue weighted by molar-refractivity contribution is -0.138. The minimum Gasteiger partial charge on any atom is -0.325 e. The highest BCUT2D eigenvalue weighted by Crippen LogP contribution is 2.33. The molecule has 0 aliphatic rings. The Kier molecular flexibility index (Phi) is 3.41. The Morgan fingerprint density at radius 2 is 1.88 bits per heavy atom. The number of rotatable bonds is 2. The van der Waals surface area contributed by atoms with E-state index in [2.05, 4.69) is 4.98 Å². The number of halogens is 6. The third kappa shape index (κ3) is 2.43. The van der Waals surface area contributed by atoms with Gasteiger partial charge in [-0.2, -0.15) is 13.2 Å². The molecular formula is C8H6F6N2. The molecule has 0 unspecified atom stereocenters. The van der Waals surface area contributed by atoms with Crippen molar-refractivity contribution in [1.82, 2.24) is 4.98 Å². The van der Waals surface area contributed by atoms with Crippen LogP contribution in [0.1, 0.15) is 23.4 Å². The molecule has 1 heterocycles. The number of pyridine rings is 1. The van der Waals surface area contributed by atoms with Crippen LogP contribution in [-0.2, 0) is 12.7 Å². The SMILES string of the molecule is NCc1nc(C(F)F)c(F)cc1C(F)(F)F. The molecule has 0 radical (unpaired) electrons. The van der Waals surface area contributed by atoms with Gasteiger partial charge >= 0.3 is 6.18 Å². The van der Waals surface area contributed by atoms with Crippen LogP contribution in [0.25, 0.3) is 0 Å². The molecule has 0 amide bonds. The summed E-state index contributed by atoms with van der Waals surface area (Å²) >= 11 is 0.